The molecule has 2 aliphatic rings. The van der Waals surface area contributed by atoms with Gasteiger partial charge in [0.25, 0.3) is 0 Å². The first-order valence-corrected chi connectivity index (χ1v) is 9.08. The van der Waals surface area contributed by atoms with E-state index < -0.39 is 0 Å². The van der Waals surface area contributed by atoms with Crippen molar-refractivity contribution in [2.45, 2.75) is 19.5 Å². The van der Waals surface area contributed by atoms with Gasteiger partial charge in [-0.15, -0.1) is 0 Å². The van der Waals surface area contributed by atoms with Crippen LogP contribution in [0.2, 0.25) is 5.02 Å². The van der Waals surface area contributed by atoms with Crippen molar-refractivity contribution in [3.05, 3.63) is 34.9 Å². The minimum absolute atomic E-state index is 0.0450. The second kappa shape index (κ2) is 8.30. The predicted octanol–water partition coefficient (Wildman–Crippen LogP) is 1.70. The van der Waals surface area contributed by atoms with Gasteiger partial charge in [0.15, 0.2) is 0 Å². The highest BCUT2D eigenvalue weighted by Gasteiger charge is 2.29. The van der Waals surface area contributed by atoms with Gasteiger partial charge in [-0.05, 0) is 24.6 Å². The van der Waals surface area contributed by atoms with Crippen molar-refractivity contribution >= 4 is 17.5 Å². The summed E-state index contributed by atoms with van der Waals surface area (Å²) in [5, 5.41) is 0.788. The van der Waals surface area contributed by atoms with E-state index in [0.717, 1.165) is 50.8 Å². The van der Waals surface area contributed by atoms with E-state index in [1.54, 1.807) is 0 Å². The van der Waals surface area contributed by atoms with Crippen LogP contribution in [0.4, 0.5) is 0 Å². The molecule has 1 aromatic carbocycles. The number of carbonyl (C=O) groups is 1. The maximum atomic E-state index is 12.6. The Balaban J connectivity index is 1.48. The van der Waals surface area contributed by atoms with Crippen LogP contribution >= 0.6 is 11.6 Å². The lowest BCUT2D eigenvalue weighted by Gasteiger charge is -2.39. The number of amides is 1. The number of benzene rings is 1. The van der Waals surface area contributed by atoms with E-state index >= 15 is 0 Å². The van der Waals surface area contributed by atoms with Gasteiger partial charge < -0.3 is 9.64 Å². The summed E-state index contributed by atoms with van der Waals surface area (Å²) < 4.78 is 5.33. The van der Waals surface area contributed by atoms with E-state index in [-0.39, 0.29) is 11.9 Å². The third kappa shape index (κ3) is 4.48. The normalized spacial score (nSPS) is 21.7. The zero-order valence-electron chi connectivity index (χ0n) is 14.3. The minimum atomic E-state index is -0.0450. The predicted molar refractivity (Wildman–Crippen MR) is 95.2 cm³/mol. The maximum absolute atomic E-state index is 12.6. The Morgan fingerprint density at radius 1 is 1.17 bits per heavy atom. The van der Waals surface area contributed by atoms with Crippen LogP contribution < -0.4 is 0 Å². The van der Waals surface area contributed by atoms with Crippen molar-refractivity contribution in [3.63, 3.8) is 0 Å². The number of carbonyl (C=O) groups excluding carboxylic acids is 1. The second-order valence-electron chi connectivity index (χ2n) is 6.56. The highest BCUT2D eigenvalue weighted by atomic mass is 35.5. The van der Waals surface area contributed by atoms with Crippen LogP contribution in [0.1, 0.15) is 12.5 Å². The number of halogens is 1. The number of ether oxygens (including phenoxy) is 1. The van der Waals surface area contributed by atoms with Gasteiger partial charge in [-0.25, -0.2) is 0 Å². The quantitative estimate of drug-likeness (QED) is 0.827. The summed E-state index contributed by atoms with van der Waals surface area (Å²) in [7, 11) is 0. The molecule has 6 heteroatoms. The van der Waals surface area contributed by atoms with E-state index in [1.165, 1.54) is 5.56 Å². The number of hydrogen-bond donors (Lipinski definition) is 0. The van der Waals surface area contributed by atoms with Crippen LogP contribution in [-0.2, 0) is 16.1 Å². The fraction of sp³-hybridized carbons (Fsp3) is 0.611. The molecule has 5 nitrogen and oxygen atoms in total. The molecule has 24 heavy (non-hydrogen) atoms. The molecule has 2 aliphatic heterocycles. The van der Waals surface area contributed by atoms with E-state index in [1.807, 2.05) is 30.0 Å². The molecule has 0 radical (unpaired) electrons. The van der Waals surface area contributed by atoms with Crippen molar-refractivity contribution in [1.82, 2.24) is 14.7 Å². The molecule has 2 fully saturated rings. The number of hydrogen-bond acceptors (Lipinski definition) is 4. The summed E-state index contributed by atoms with van der Waals surface area (Å²) >= 11 is 6.06. The average Bonchev–Trinajstić information content (AvgIpc) is 2.62. The second-order valence-corrected chi connectivity index (χ2v) is 6.99. The summed E-state index contributed by atoms with van der Waals surface area (Å²) in [6.07, 6.45) is 0. The lowest BCUT2D eigenvalue weighted by atomic mass is 10.1. The Labute approximate surface area is 149 Å². The van der Waals surface area contributed by atoms with Gasteiger partial charge in [-0.1, -0.05) is 23.7 Å². The standard InChI is InChI=1S/C18H26ClN3O2/c1-15(18(23)22-9-11-24-12-10-22)21-7-5-20(6-8-21)14-16-3-2-4-17(19)13-16/h2-4,13,15H,5-12,14H2,1H3/t15-/m1/s1. The molecule has 0 bridgehead atoms. The van der Waals surface area contributed by atoms with Gasteiger partial charge in [0.05, 0.1) is 19.3 Å². The van der Waals surface area contributed by atoms with Crippen molar-refractivity contribution < 1.29 is 9.53 Å². The van der Waals surface area contributed by atoms with Gasteiger partial charge >= 0.3 is 0 Å². The SMILES string of the molecule is C[C@H](C(=O)N1CCOCC1)N1CCN(Cc2cccc(Cl)c2)CC1. The van der Waals surface area contributed by atoms with E-state index in [9.17, 15) is 4.79 Å². The number of nitrogens with zero attached hydrogens (tertiary/aromatic N) is 3. The zero-order chi connectivity index (χ0) is 16.9. The van der Waals surface area contributed by atoms with E-state index in [0.29, 0.717) is 13.2 Å². The third-order valence-electron chi connectivity index (χ3n) is 4.93. The van der Waals surface area contributed by atoms with Crippen LogP contribution in [0.5, 0.6) is 0 Å². The Bertz CT molecular complexity index is 555. The van der Waals surface area contributed by atoms with Crippen LogP contribution in [0.25, 0.3) is 0 Å². The van der Waals surface area contributed by atoms with Crippen LogP contribution in [0, 0.1) is 0 Å². The summed E-state index contributed by atoms with van der Waals surface area (Å²) in [6, 6.07) is 8.00. The topological polar surface area (TPSA) is 36.0 Å². The monoisotopic (exact) mass is 351 g/mol. The number of piperazine rings is 1. The molecule has 0 spiro atoms. The molecule has 3 rings (SSSR count). The first-order chi connectivity index (χ1) is 11.6. The molecule has 2 saturated heterocycles. The molecule has 0 N–H and O–H groups in total. The minimum Gasteiger partial charge on any atom is -0.378 e. The summed E-state index contributed by atoms with van der Waals surface area (Å²) in [5.74, 6) is 0.238. The summed E-state index contributed by atoms with van der Waals surface area (Å²) in [6.45, 7) is 9.52. The Hall–Kier alpha value is -1.14. The number of rotatable bonds is 4. The van der Waals surface area contributed by atoms with E-state index in [4.69, 9.17) is 16.3 Å². The molecule has 0 unspecified atom stereocenters. The molecular formula is C18H26ClN3O2. The molecule has 1 amide bonds. The van der Waals surface area contributed by atoms with Crippen molar-refractivity contribution in [2.75, 3.05) is 52.5 Å². The van der Waals surface area contributed by atoms with Crippen molar-refractivity contribution in [1.29, 1.82) is 0 Å². The lowest BCUT2D eigenvalue weighted by molar-refractivity contribution is -0.141. The van der Waals surface area contributed by atoms with Crippen LogP contribution in [0.15, 0.2) is 24.3 Å². The van der Waals surface area contributed by atoms with Gasteiger partial charge in [-0.3, -0.25) is 14.6 Å². The van der Waals surface area contributed by atoms with Crippen molar-refractivity contribution in [3.8, 4) is 0 Å². The smallest absolute Gasteiger partial charge is 0.239 e. The van der Waals surface area contributed by atoms with Gasteiger partial charge in [0.1, 0.15) is 0 Å². The van der Waals surface area contributed by atoms with Gasteiger partial charge in [0, 0.05) is 50.8 Å². The highest BCUT2D eigenvalue weighted by Crippen LogP contribution is 2.15. The Morgan fingerprint density at radius 3 is 2.54 bits per heavy atom. The first-order valence-electron chi connectivity index (χ1n) is 8.71. The van der Waals surface area contributed by atoms with Gasteiger partial charge in [-0.2, -0.15) is 0 Å². The molecular weight excluding hydrogens is 326 g/mol. The molecule has 132 valence electrons. The molecule has 2 heterocycles. The van der Waals surface area contributed by atoms with Gasteiger partial charge in [0.2, 0.25) is 5.91 Å². The maximum Gasteiger partial charge on any atom is 0.239 e. The average molecular weight is 352 g/mol. The Morgan fingerprint density at radius 2 is 1.88 bits per heavy atom. The molecule has 0 aromatic heterocycles. The lowest BCUT2D eigenvalue weighted by Crippen LogP contribution is -2.55. The highest BCUT2D eigenvalue weighted by molar-refractivity contribution is 6.30. The fourth-order valence-electron chi connectivity index (χ4n) is 3.41. The molecule has 1 aromatic rings. The van der Waals surface area contributed by atoms with Crippen molar-refractivity contribution in [2.24, 2.45) is 0 Å². The Kier molecular flexibility index (Phi) is 6.11. The molecule has 0 aliphatic carbocycles. The summed E-state index contributed by atoms with van der Waals surface area (Å²) in [4.78, 5) is 19.3. The van der Waals surface area contributed by atoms with E-state index in [2.05, 4.69) is 15.9 Å². The fourth-order valence-corrected chi connectivity index (χ4v) is 3.62. The van der Waals surface area contributed by atoms with Crippen LogP contribution in [0.3, 0.4) is 0 Å². The summed E-state index contributed by atoms with van der Waals surface area (Å²) in [5.41, 5.74) is 1.24. The largest absolute Gasteiger partial charge is 0.378 e. The third-order valence-corrected chi connectivity index (χ3v) is 5.17. The first kappa shape index (κ1) is 17.7. The molecule has 1 atom stereocenters. The number of morpholine rings is 1. The zero-order valence-corrected chi connectivity index (χ0v) is 15.0. The molecule has 0 saturated carbocycles. The van der Waals surface area contributed by atoms with Crippen LogP contribution in [-0.4, -0.2) is 79.1 Å².